The summed E-state index contributed by atoms with van der Waals surface area (Å²) in [6.07, 6.45) is 1.55. The molecule has 6 heteroatoms. The van der Waals surface area contributed by atoms with E-state index in [2.05, 4.69) is 4.98 Å². The highest BCUT2D eigenvalue weighted by atomic mass is 16.6. The number of nitrogens with zero attached hydrogens (tertiary/aromatic N) is 2. The number of oxazole rings is 1. The molecule has 3 rings (SSSR count). The number of benzene rings is 2. The van der Waals surface area contributed by atoms with E-state index in [0.717, 1.165) is 11.3 Å². The van der Waals surface area contributed by atoms with Crippen molar-refractivity contribution in [2.75, 3.05) is 7.11 Å². The molecule has 0 saturated carbocycles. The van der Waals surface area contributed by atoms with Gasteiger partial charge < -0.3 is 9.15 Å². The lowest BCUT2D eigenvalue weighted by atomic mass is 10.1. The molecule has 6 nitrogen and oxygen atoms in total. The van der Waals surface area contributed by atoms with Gasteiger partial charge in [-0.05, 0) is 36.4 Å². The van der Waals surface area contributed by atoms with E-state index in [0.29, 0.717) is 17.1 Å². The number of rotatable bonds is 4. The molecule has 0 radical (unpaired) electrons. The van der Waals surface area contributed by atoms with E-state index in [4.69, 9.17) is 9.15 Å². The van der Waals surface area contributed by atoms with Crippen LogP contribution in [0.3, 0.4) is 0 Å². The number of nitro benzene ring substituents is 1. The number of hydrogen-bond acceptors (Lipinski definition) is 5. The van der Waals surface area contributed by atoms with Crippen LogP contribution >= 0.6 is 0 Å². The Morgan fingerprint density at radius 2 is 1.68 bits per heavy atom. The van der Waals surface area contributed by atoms with Crippen LogP contribution in [0.25, 0.3) is 22.7 Å². The zero-order valence-corrected chi connectivity index (χ0v) is 11.7. The molecule has 0 fully saturated rings. The Morgan fingerprint density at radius 1 is 1.05 bits per heavy atom. The first-order valence-electron chi connectivity index (χ1n) is 6.52. The molecule has 0 aliphatic rings. The van der Waals surface area contributed by atoms with E-state index in [9.17, 15) is 10.1 Å². The predicted octanol–water partition coefficient (Wildman–Crippen LogP) is 3.93. The standard InChI is InChI=1S/C16H12N2O4/c1-21-14-8-4-11(5-9-14)15-10-22-16(17-15)12-2-6-13(7-3-12)18(19)20/h2-10H,1H3. The molecule has 1 heterocycles. The van der Waals surface area contributed by atoms with Crippen LogP contribution in [0.15, 0.2) is 59.2 Å². The van der Waals surface area contributed by atoms with Gasteiger partial charge in [0.2, 0.25) is 5.89 Å². The molecular weight excluding hydrogens is 284 g/mol. The van der Waals surface area contributed by atoms with Gasteiger partial charge in [0.25, 0.3) is 5.69 Å². The lowest BCUT2D eigenvalue weighted by Gasteiger charge is -1.99. The minimum atomic E-state index is -0.442. The Balaban J connectivity index is 1.87. The number of hydrogen-bond donors (Lipinski definition) is 0. The molecule has 0 amide bonds. The van der Waals surface area contributed by atoms with Gasteiger partial charge in [0.05, 0.1) is 12.0 Å². The highest BCUT2D eigenvalue weighted by Gasteiger charge is 2.11. The highest BCUT2D eigenvalue weighted by molar-refractivity contribution is 5.64. The molecular formula is C16H12N2O4. The van der Waals surface area contributed by atoms with Crippen LogP contribution in [-0.4, -0.2) is 17.0 Å². The van der Waals surface area contributed by atoms with E-state index >= 15 is 0 Å². The van der Waals surface area contributed by atoms with Crippen molar-refractivity contribution in [3.05, 3.63) is 64.9 Å². The van der Waals surface area contributed by atoms with Crippen LogP contribution in [0.5, 0.6) is 5.75 Å². The minimum absolute atomic E-state index is 0.0330. The smallest absolute Gasteiger partial charge is 0.269 e. The van der Waals surface area contributed by atoms with Crippen molar-refractivity contribution >= 4 is 5.69 Å². The van der Waals surface area contributed by atoms with Crippen LogP contribution < -0.4 is 4.74 Å². The Labute approximate surface area is 126 Å². The molecule has 0 aliphatic heterocycles. The first-order chi connectivity index (χ1) is 10.7. The normalized spacial score (nSPS) is 10.4. The van der Waals surface area contributed by atoms with Crippen molar-refractivity contribution in [2.45, 2.75) is 0 Å². The van der Waals surface area contributed by atoms with E-state index in [1.165, 1.54) is 12.1 Å². The lowest BCUT2D eigenvalue weighted by Crippen LogP contribution is -1.87. The monoisotopic (exact) mass is 296 g/mol. The SMILES string of the molecule is COc1ccc(-c2coc(-c3ccc([N+](=O)[O-])cc3)n2)cc1. The van der Waals surface area contributed by atoms with Gasteiger partial charge in [-0.15, -0.1) is 0 Å². The Kier molecular flexibility index (Phi) is 3.57. The number of nitro groups is 1. The van der Waals surface area contributed by atoms with Crippen molar-refractivity contribution < 1.29 is 14.1 Å². The van der Waals surface area contributed by atoms with Gasteiger partial charge in [-0.1, -0.05) is 0 Å². The second kappa shape index (κ2) is 5.69. The summed E-state index contributed by atoms with van der Waals surface area (Å²) in [5, 5.41) is 10.6. The van der Waals surface area contributed by atoms with Gasteiger partial charge in [0.1, 0.15) is 17.7 Å². The van der Waals surface area contributed by atoms with E-state index in [1.54, 1.807) is 25.5 Å². The third kappa shape index (κ3) is 2.67. The van der Waals surface area contributed by atoms with Crippen LogP contribution in [0.1, 0.15) is 0 Å². The third-order valence-corrected chi connectivity index (χ3v) is 3.22. The van der Waals surface area contributed by atoms with Crippen molar-refractivity contribution in [3.8, 4) is 28.5 Å². The zero-order chi connectivity index (χ0) is 15.5. The summed E-state index contributed by atoms with van der Waals surface area (Å²) in [5.74, 6) is 1.18. The molecule has 0 saturated heterocycles. The average Bonchev–Trinajstić information content (AvgIpc) is 3.05. The van der Waals surface area contributed by atoms with Crippen molar-refractivity contribution in [1.82, 2.24) is 4.98 Å². The van der Waals surface area contributed by atoms with Gasteiger partial charge in [0.15, 0.2) is 0 Å². The Morgan fingerprint density at radius 3 is 2.27 bits per heavy atom. The topological polar surface area (TPSA) is 78.4 Å². The third-order valence-electron chi connectivity index (χ3n) is 3.22. The molecule has 0 unspecified atom stereocenters. The maximum absolute atomic E-state index is 10.6. The predicted molar refractivity (Wildman–Crippen MR) is 80.6 cm³/mol. The molecule has 0 spiro atoms. The van der Waals surface area contributed by atoms with E-state index in [-0.39, 0.29) is 5.69 Å². The molecule has 1 aromatic heterocycles. The fourth-order valence-electron chi connectivity index (χ4n) is 2.03. The van der Waals surface area contributed by atoms with Crippen LogP contribution in [0.4, 0.5) is 5.69 Å². The summed E-state index contributed by atoms with van der Waals surface area (Å²) in [7, 11) is 1.61. The molecule has 0 N–H and O–H groups in total. The largest absolute Gasteiger partial charge is 0.497 e. The number of non-ortho nitro benzene ring substituents is 1. The average molecular weight is 296 g/mol. The molecule has 22 heavy (non-hydrogen) atoms. The lowest BCUT2D eigenvalue weighted by molar-refractivity contribution is -0.384. The molecule has 0 atom stereocenters. The summed E-state index contributed by atoms with van der Waals surface area (Å²) in [5.41, 5.74) is 2.31. The zero-order valence-electron chi connectivity index (χ0n) is 11.7. The maximum atomic E-state index is 10.6. The number of aromatic nitrogens is 1. The van der Waals surface area contributed by atoms with Crippen LogP contribution in [0, 0.1) is 10.1 Å². The summed E-state index contributed by atoms with van der Waals surface area (Å²) in [6, 6.07) is 13.5. The fraction of sp³-hybridized carbons (Fsp3) is 0.0625. The van der Waals surface area contributed by atoms with E-state index in [1.807, 2.05) is 24.3 Å². The van der Waals surface area contributed by atoms with Gasteiger partial charge in [0, 0.05) is 23.3 Å². The summed E-state index contributed by atoms with van der Waals surface area (Å²) >= 11 is 0. The number of ether oxygens (including phenoxy) is 1. The molecule has 3 aromatic rings. The molecule has 2 aromatic carbocycles. The minimum Gasteiger partial charge on any atom is -0.497 e. The molecule has 0 aliphatic carbocycles. The van der Waals surface area contributed by atoms with E-state index < -0.39 is 4.92 Å². The highest BCUT2D eigenvalue weighted by Crippen LogP contribution is 2.27. The first-order valence-corrected chi connectivity index (χ1v) is 6.52. The Bertz CT molecular complexity index is 792. The van der Waals surface area contributed by atoms with Gasteiger partial charge >= 0.3 is 0 Å². The van der Waals surface area contributed by atoms with Crippen molar-refractivity contribution in [2.24, 2.45) is 0 Å². The van der Waals surface area contributed by atoms with Crippen LogP contribution in [-0.2, 0) is 0 Å². The maximum Gasteiger partial charge on any atom is 0.269 e. The first kappa shape index (κ1) is 13.8. The summed E-state index contributed by atoms with van der Waals surface area (Å²) in [6.45, 7) is 0. The number of methoxy groups -OCH3 is 1. The Hall–Kier alpha value is -3.15. The van der Waals surface area contributed by atoms with Gasteiger partial charge in [-0.25, -0.2) is 4.98 Å². The van der Waals surface area contributed by atoms with Crippen molar-refractivity contribution in [3.63, 3.8) is 0 Å². The second-order valence-corrected chi connectivity index (χ2v) is 4.57. The van der Waals surface area contributed by atoms with Gasteiger partial charge in [-0.2, -0.15) is 0 Å². The van der Waals surface area contributed by atoms with Gasteiger partial charge in [-0.3, -0.25) is 10.1 Å². The van der Waals surface area contributed by atoms with Crippen LogP contribution in [0.2, 0.25) is 0 Å². The fourth-order valence-corrected chi connectivity index (χ4v) is 2.03. The molecule has 0 bridgehead atoms. The summed E-state index contributed by atoms with van der Waals surface area (Å²) in [4.78, 5) is 14.6. The second-order valence-electron chi connectivity index (χ2n) is 4.57. The van der Waals surface area contributed by atoms with Crippen molar-refractivity contribution in [1.29, 1.82) is 0 Å². The quantitative estimate of drug-likeness (QED) is 0.538. The summed E-state index contributed by atoms with van der Waals surface area (Å²) < 4.78 is 10.6. The molecule has 110 valence electrons.